The highest BCUT2D eigenvalue weighted by atomic mass is 19.4. The first-order chi connectivity index (χ1) is 16.4. The van der Waals surface area contributed by atoms with Crippen LogP contribution in [-0.4, -0.2) is 33.7 Å². The first kappa shape index (κ1) is 24.3. The van der Waals surface area contributed by atoms with Gasteiger partial charge in [-0.2, -0.15) is 18.2 Å². The van der Waals surface area contributed by atoms with E-state index in [1.54, 1.807) is 18.3 Å². The number of benzene rings is 2. The number of alkyl halides is 3. The molecule has 2 amide bonds. The van der Waals surface area contributed by atoms with Crippen LogP contribution >= 0.6 is 0 Å². The Kier molecular flexibility index (Phi) is 6.07. The lowest BCUT2D eigenvalue weighted by Crippen LogP contribution is -2.53. The van der Waals surface area contributed by atoms with Crippen molar-refractivity contribution in [3.8, 4) is 22.5 Å². The molecule has 0 unspecified atom stereocenters. The Labute approximate surface area is 195 Å². The molecule has 0 radical (unpaired) electrons. The van der Waals surface area contributed by atoms with E-state index in [0.717, 1.165) is 6.07 Å². The van der Waals surface area contributed by atoms with Crippen LogP contribution in [0.3, 0.4) is 0 Å². The van der Waals surface area contributed by atoms with Crippen LogP contribution < -0.4 is 10.6 Å². The van der Waals surface area contributed by atoms with Crippen LogP contribution in [0.5, 0.6) is 0 Å². The van der Waals surface area contributed by atoms with Gasteiger partial charge in [0.05, 0.1) is 11.6 Å². The maximum Gasteiger partial charge on any atom is 0.471 e. The maximum absolute atomic E-state index is 15.0. The van der Waals surface area contributed by atoms with Crippen molar-refractivity contribution < 1.29 is 36.1 Å². The molecule has 3 aromatic rings. The second-order valence-corrected chi connectivity index (χ2v) is 8.26. The van der Waals surface area contributed by atoms with Crippen molar-refractivity contribution in [2.75, 3.05) is 0 Å². The third kappa shape index (κ3) is 4.86. The van der Waals surface area contributed by atoms with Gasteiger partial charge in [0.1, 0.15) is 17.2 Å². The minimum absolute atomic E-state index is 0.00338. The predicted molar refractivity (Wildman–Crippen MR) is 113 cm³/mol. The van der Waals surface area contributed by atoms with Gasteiger partial charge in [0.15, 0.2) is 0 Å². The molecule has 1 aliphatic carbocycles. The number of nitrogens with one attached hydrogen (secondary N) is 2. The van der Waals surface area contributed by atoms with Crippen LogP contribution in [0.2, 0.25) is 0 Å². The van der Waals surface area contributed by atoms with Gasteiger partial charge >= 0.3 is 12.1 Å². The van der Waals surface area contributed by atoms with Crippen molar-refractivity contribution >= 4 is 11.8 Å². The molecule has 7 nitrogen and oxygen atoms in total. The molecule has 0 spiro atoms. The van der Waals surface area contributed by atoms with Crippen molar-refractivity contribution in [3.05, 3.63) is 59.5 Å². The summed E-state index contributed by atoms with van der Waals surface area (Å²) in [5.41, 5.74) is -0.990. The monoisotopic (exact) mass is 494 g/mol. The Hall–Kier alpha value is -3.83. The van der Waals surface area contributed by atoms with Crippen molar-refractivity contribution in [1.29, 1.82) is 0 Å². The van der Waals surface area contributed by atoms with Crippen LogP contribution in [0.15, 0.2) is 40.9 Å². The Balaban J connectivity index is 1.55. The SMILES string of the molecule is Cc1nc(-c2c(F)cccc2-c2ccc([C@@H](C)NC(=O)C3(NC(=O)C(F)(F)F)CC3)c(F)c2)no1. The molecule has 4 rings (SSSR count). The molecule has 1 saturated carbocycles. The van der Waals surface area contributed by atoms with Crippen LogP contribution in [0.25, 0.3) is 22.5 Å². The molecule has 0 saturated heterocycles. The topological polar surface area (TPSA) is 97.1 Å². The Bertz CT molecular complexity index is 1300. The molecule has 1 aromatic heterocycles. The number of rotatable bonds is 6. The molecule has 2 aromatic carbocycles. The van der Waals surface area contributed by atoms with E-state index >= 15 is 4.39 Å². The van der Waals surface area contributed by atoms with Gasteiger partial charge < -0.3 is 15.2 Å². The van der Waals surface area contributed by atoms with Crippen molar-refractivity contribution in [1.82, 2.24) is 20.8 Å². The third-order valence-corrected chi connectivity index (χ3v) is 5.69. The summed E-state index contributed by atoms with van der Waals surface area (Å²) in [6.45, 7) is 2.99. The lowest BCUT2D eigenvalue weighted by Gasteiger charge is -2.22. The number of halogens is 5. The van der Waals surface area contributed by atoms with Gasteiger partial charge in [0.2, 0.25) is 17.6 Å². The largest absolute Gasteiger partial charge is 0.471 e. The number of carbonyl (C=O) groups is 2. The van der Waals surface area contributed by atoms with Crippen LogP contribution in [0, 0.1) is 18.6 Å². The first-order valence-corrected chi connectivity index (χ1v) is 10.5. The molecular weight excluding hydrogens is 475 g/mol. The smallest absolute Gasteiger partial charge is 0.347 e. The van der Waals surface area contributed by atoms with Gasteiger partial charge in [-0.25, -0.2) is 8.78 Å². The maximum atomic E-state index is 15.0. The zero-order valence-electron chi connectivity index (χ0n) is 18.5. The van der Waals surface area contributed by atoms with E-state index in [2.05, 4.69) is 15.5 Å². The summed E-state index contributed by atoms with van der Waals surface area (Å²) in [7, 11) is 0. The van der Waals surface area contributed by atoms with Gasteiger partial charge in [0, 0.05) is 12.5 Å². The summed E-state index contributed by atoms with van der Waals surface area (Å²) in [6, 6.07) is 7.30. The average Bonchev–Trinajstić information content (AvgIpc) is 3.44. The van der Waals surface area contributed by atoms with Gasteiger partial charge in [-0.3, -0.25) is 9.59 Å². The molecule has 35 heavy (non-hydrogen) atoms. The summed E-state index contributed by atoms with van der Waals surface area (Å²) >= 11 is 0. The molecular formula is C23H19F5N4O3. The van der Waals surface area contributed by atoms with Gasteiger partial charge in [-0.1, -0.05) is 29.4 Å². The normalized spacial score (nSPS) is 15.4. The minimum Gasteiger partial charge on any atom is -0.347 e. The van der Waals surface area contributed by atoms with Crippen LogP contribution in [0.1, 0.15) is 37.3 Å². The standard InChI is InChI=1S/C23H19F5N4O3/c1-11(29-20(33)22(8-9-22)31-21(34)23(26,27)28)14-7-6-13(10-17(14)25)15-4-3-5-16(24)18(15)19-30-12(2)35-32-19/h3-7,10-11H,8-9H2,1-2H3,(H,29,33)(H,31,34)/t11-/m1/s1. The Morgan fingerprint density at radius 2 is 1.83 bits per heavy atom. The number of carbonyl (C=O) groups excluding carboxylic acids is 2. The lowest BCUT2D eigenvalue weighted by atomic mass is 9.96. The number of aromatic nitrogens is 2. The number of amides is 2. The summed E-state index contributed by atoms with van der Waals surface area (Å²) in [4.78, 5) is 27.8. The Morgan fingerprint density at radius 3 is 2.40 bits per heavy atom. The summed E-state index contributed by atoms with van der Waals surface area (Å²) < 4.78 is 72.2. The fraction of sp³-hybridized carbons (Fsp3) is 0.304. The number of aryl methyl sites for hydroxylation is 1. The van der Waals surface area contributed by atoms with E-state index < -0.39 is 41.2 Å². The second kappa shape index (κ2) is 8.75. The highest BCUT2D eigenvalue weighted by molar-refractivity contribution is 5.95. The van der Waals surface area contributed by atoms with E-state index in [-0.39, 0.29) is 35.7 Å². The van der Waals surface area contributed by atoms with Crippen LogP contribution in [0.4, 0.5) is 22.0 Å². The molecule has 0 aliphatic heterocycles. The summed E-state index contributed by atoms with van der Waals surface area (Å²) in [5, 5.41) is 7.90. The van der Waals surface area contributed by atoms with E-state index in [4.69, 9.17) is 4.52 Å². The molecule has 1 atom stereocenters. The molecule has 1 fully saturated rings. The van der Waals surface area contributed by atoms with E-state index in [0.29, 0.717) is 11.1 Å². The van der Waals surface area contributed by atoms with Crippen molar-refractivity contribution in [3.63, 3.8) is 0 Å². The highest BCUT2D eigenvalue weighted by Gasteiger charge is 2.55. The fourth-order valence-corrected chi connectivity index (χ4v) is 3.67. The summed E-state index contributed by atoms with van der Waals surface area (Å²) in [6.07, 6.45) is -5.06. The first-order valence-electron chi connectivity index (χ1n) is 10.5. The Morgan fingerprint density at radius 1 is 1.11 bits per heavy atom. The number of hydrogen-bond acceptors (Lipinski definition) is 5. The fourth-order valence-electron chi connectivity index (χ4n) is 3.67. The summed E-state index contributed by atoms with van der Waals surface area (Å²) in [5.74, 6) is -4.21. The number of hydrogen-bond donors (Lipinski definition) is 2. The molecule has 184 valence electrons. The van der Waals surface area contributed by atoms with E-state index in [1.807, 2.05) is 0 Å². The molecule has 1 aliphatic rings. The molecule has 2 N–H and O–H groups in total. The van der Waals surface area contributed by atoms with E-state index in [1.165, 1.54) is 31.2 Å². The van der Waals surface area contributed by atoms with E-state index in [9.17, 15) is 27.2 Å². The van der Waals surface area contributed by atoms with Gasteiger partial charge in [0.25, 0.3) is 0 Å². The third-order valence-electron chi connectivity index (χ3n) is 5.69. The van der Waals surface area contributed by atoms with Gasteiger partial charge in [-0.15, -0.1) is 0 Å². The highest BCUT2D eigenvalue weighted by Crippen LogP contribution is 2.38. The van der Waals surface area contributed by atoms with Crippen molar-refractivity contribution in [2.24, 2.45) is 0 Å². The lowest BCUT2D eigenvalue weighted by molar-refractivity contribution is -0.175. The number of nitrogens with zero attached hydrogens (tertiary/aromatic N) is 2. The molecule has 0 bridgehead atoms. The average molecular weight is 494 g/mol. The van der Waals surface area contributed by atoms with Crippen LogP contribution in [-0.2, 0) is 9.59 Å². The quantitative estimate of drug-likeness (QED) is 0.496. The zero-order valence-corrected chi connectivity index (χ0v) is 18.5. The zero-order chi connectivity index (χ0) is 25.5. The molecule has 1 heterocycles. The predicted octanol–water partition coefficient (Wildman–Crippen LogP) is 4.38. The minimum atomic E-state index is -5.13. The van der Waals surface area contributed by atoms with Gasteiger partial charge in [-0.05, 0) is 43.0 Å². The molecule has 12 heteroatoms. The van der Waals surface area contributed by atoms with Crippen molar-refractivity contribution in [2.45, 2.75) is 44.4 Å². The second-order valence-electron chi connectivity index (χ2n) is 8.26.